The molecule has 1 saturated heterocycles. The van der Waals surface area contributed by atoms with Crippen LogP contribution in [0.1, 0.15) is 11.1 Å². The summed E-state index contributed by atoms with van der Waals surface area (Å²) in [7, 11) is 0. The molecule has 1 aromatic heterocycles. The summed E-state index contributed by atoms with van der Waals surface area (Å²) >= 11 is 0. The zero-order valence-corrected chi connectivity index (χ0v) is 12.5. The summed E-state index contributed by atoms with van der Waals surface area (Å²) in [5.41, 5.74) is 1.53. The molecular weight excluding hydrogens is 292 g/mol. The first kappa shape index (κ1) is 14.9. The zero-order valence-electron chi connectivity index (χ0n) is 12.5. The van der Waals surface area contributed by atoms with Crippen LogP contribution in [0.3, 0.4) is 0 Å². The topological polar surface area (TPSA) is 78.3 Å². The van der Waals surface area contributed by atoms with E-state index < -0.39 is 6.09 Å². The highest BCUT2D eigenvalue weighted by molar-refractivity contribution is 5.68. The van der Waals surface area contributed by atoms with Crippen LogP contribution in [-0.4, -0.2) is 30.2 Å². The van der Waals surface area contributed by atoms with E-state index in [2.05, 4.69) is 16.4 Å². The van der Waals surface area contributed by atoms with Crippen molar-refractivity contribution in [1.29, 1.82) is 5.26 Å². The molecule has 0 spiro atoms. The minimum atomic E-state index is -0.419. The second-order valence-electron chi connectivity index (χ2n) is 5.32. The Hall–Kier alpha value is -3.07. The average Bonchev–Trinajstić information content (AvgIpc) is 2.57. The van der Waals surface area contributed by atoms with Crippen LogP contribution in [0.5, 0.6) is 0 Å². The maximum Gasteiger partial charge on any atom is 0.407 e. The fourth-order valence-corrected chi connectivity index (χ4v) is 2.35. The first-order chi connectivity index (χ1) is 11.2. The molecule has 2 heterocycles. The Morgan fingerprint density at radius 3 is 2.87 bits per heavy atom. The number of hydrogen-bond donors (Lipinski definition) is 1. The third-order valence-corrected chi connectivity index (χ3v) is 3.61. The van der Waals surface area contributed by atoms with E-state index in [1.807, 2.05) is 35.2 Å². The number of hydrogen-bond acceptors (Lipinski definition) is 5. The minimum Gasteiger partial charge on any atom is -0.445 e. The smallest absolute Gasteiger partial charge is 0.407 e. The van der Waals surface area contributed by atoms with Gasteiger partial charge in [0, 0.05) is 19.3 Å². The molecule has 6 nitrogen and oxygen atoms in total. The molecule has 2 aromatic rings. The number of rotatable bonds is 4. The summed E-state index contributed by atoms with van der Waals surface area (Å²) in [5.74, 6) is 0.750. The summed E-state index contributed by atoms with van der Waals surface area (Å²) in [6.07, 6.45) is 1.19. The van der Waals surface area contributed by atoms with Gasteiger partial charge in [0.1, 0.15) is 12.4 Å². The van der Waals surface area contributed by atoms with E-state index in [-0.39, 0.29) is 12.6 Å². The Balaban J connectivity index is 1.43. The third-order valence-electron chi connectivity index (χ3n) is 3.61. The van der Waals surface area contributed by atoms with E-state index in [1.165, 1.54) is 0 Å². The number of carbonyl (C=O) groups excluding carboxylic acids is 1. The number of pyridine rings is 1. The molecule has 0 saturated carbocycles. The number of nitrogens with zero attached hydrogens (tertiary/aromatic N) is 3. The van der Waals surface area contributed by atoms with Crippen molar-refractivity contribution in [2.75, 3.05) is 18.0 Å². The summed E-state index contributed by atoms with van der Waals surface area (Å²) in [4.78, 5) is 18.0. The fraction of sp³-hybridized carbons (Fsp3) is 0.235. The first-order valence-electron chi connectivity index (χ1n) is 7.33. The van der Waals surface area contributed by atoms with Gasteiger partial charge in [-0.05, 0) is 17.7 Å². The molecule has 1 fully saturated rings. The summed E-state index contributed by atoms with van der Waals surface area (Å²) in [6.45, 7) is 1.57. The van der Waals surface area contributed by atoms with Gasteiger partial charge < -0.3 is 15.0 Å². The Morgan fingerprint density at radius 1 is 1.35 bits per heavy atom. The van der Waals surface area contributed by atoms with Gasteiger partial charge in [-0.15, -0.1) is 0 Å². The van der Waals surface area contributed by atoms with Crippen molar-refractivity contribution in [2.24, 2.45) is 0 Å². The van der Waals surface area contributed by atoms with Crippen LogP contribution >= 0.6 is 0 Å². The summed E-state index contributed by atoms with van der Waals surface area (Å²) in [6, 6.07) is 15.1. The normalized spacial score (nSPS) is 13.8. The lowest BCUT2D eigenvalue weighted by molar-refractivity contribution is 0.133. The molecule has 6 heteroatoms. The maximum atomic E-state index is 11.8. The van der Waals surface area contributed by atoms with Crippen LogP contribution in [0.25, 0.3) is 0 Å². The standard InChI is InChI=1S/C17H16N4O2/c18-9-14-6-7-19-16(8-14)21-10-15(11-21)20-17(22)23-12-13-4-2-1-3-5-13/h1-8,15H,10-12H2,(H,20,22). The lowest BCUT2D eigenvalue weighted by Crippen LogP contribution is -2.59. The third kappa shape index (κ3) is 3.77. The second kappa shape index (κ2) is 6.79. The van der Waals surface area contributed by atoms with Gasteiger partial charge in [0.15, 0.2) is 0 Å². The van der Waals surface area contributed by atoms with Crippen molar-refractivity contribution in [3.05, 3.63) is 59.8 Å². The van der Waals surface area contributed by atoms with Crippen LogP contribution in [0.2, 0.25) is 0 Å². The van der Waals surface area contributed by atoms with Crippen molar-refractivity contribution < 1.29 is 9.53 Å². The SMILES string of the molecule is N#Cc1ccnc(N2CC(NC(=O)OCc3ccccc3)C2)c1. The molecule has 1 aromatic carbocycles. The highest BCUT2D eigenvalue weighted by atomic mass is 16.5. The summed E-state index contributed by atoms with van der Waals surface area (Å²) in [5, 5.41) is 11.7. The van der Waals surface area contributed by atoms with Crippen molar-refractivity contribution in [1.82, 2.24) is 10.3 Å². The van der Waals surface area contributed by atoms with Gasteiger partial charge in [-0.2, -0.15) is 5.26 Å². The van der Waals surface area contributed by atoms with Gasteiger partial charge in [0.25, 0.3) is 0 Å². The largest absolute Gasteiger partial charge is 0.445 e. The molecule has 1 amide bonds. The van der Waals surface area contributed by atoms with Gasteiger partial charge >= 0.3 is 6.09 Å². The number of ether oxygens (including phenoxy) is 1. The van der Waals surface area contributed by atoms with Crippen molar-refractivity contribution in [2.45, 2.75) is 12.6 Å². The Kier molecular flexibility index (Phi) is 4.39. The minimum absolute atomic E-state index is 0.0332. The average molecular weight is 308 g/mol. The number of nitriles is 1. The molecule has 0 bridgehead atoms. The van der Waals surface area contributed by atoms with E-state index in [0.717, 1.165) is 11.4 Å². The van der Waals surface area contributed by atoms with E-state index >= 15 is 0 Å². The first-order valence-corrected chi connectivity index (χ1v) is 7.33. The molecule has 116 valence electrons. The molecule has 0 atom stereocenters. The van der Waals surface area contributed by atoms with E-state index in [0.29, 0.717) is 18.7 Å². The van der Waals surface area contributed by atoms with Gasteiger partial charge in [-0.3, -0.25) is 0 Å². The van der Waals surface area contributed by atoms with Crippen LogP contribution in [-0.2, 0) is 11.3 Å². The van der Waals surface area contributed by atoms with Crippen molar-refractivity contribution >= 4 is 11.9 Å². The second-order valence-corrected chi connectivity index (χ2v) is 5.32. The Labute approximate surface area is 134 Å². The summed E-state index contributed by atoms with van der Waals surface area (Å²) < 4.78 is 5.18. The fourth-order valence-electron chi connectivity index (χ4n) is 2.35. The number of alkyl carbamates (subject to hydrolysis) is 1. The highest BCUT2D eigenvalue weighted by Gasteiger charge is 2.29. The Bertz CT molecular complexity index is 721. The van der Waals surface area contributed by atoms with Crippen LogP contribution < -0.4 is 10.2 Å². The highest BCUT2D eigenvalue weighted by Crippen LogP contribution is 2.19. The molecule has 3 rings (SSSR count). The van der Waals surface area contributed by atoms with Gasteiger partial charge in [0.05, 0.1) is 17.7 Å². The van der Waals surface area contributed by atoms with Gasteiger partial charge in [0.2, 0.25) is 0 Å². The number of carbonyl (C=O) groups is 1. The molecular formula is C17H16N4O2. The predicted molar refractivity (Wildman–Crippen MR) is 84.7 cm³/mol. The number of benzene rings is 1. The number of amides is 1. The zero-order chi connectivity index (χ0) is 16.1. The van der Waals surface area contributed by atoms with E-state index in [9.17, 15) is 4.79 Å². The van der Waals surface area contributed by atoms with Crippen LogP contribution in [0.15, 0.2) is 48.7 Å². The molecule has 0 unspecified atom stereocenters. The van der Waals surface area contributed by atoms with E-state index in [4.69, 9.17) is 10.00 Å². The number of aromatic nitrogens is 1. The van der Waals surface area contributed by atoms with Crippen molar-refractivity contribution in [3.63, 3.8) is 0 Å². The maximum absolute atomic E-state index is 11.8. The molecule has 1 aliphatic heterocycles. The predicted octanol–water partition coefficient (Wildman–Crippen LogP) is 2.07. The van der Waals surface area contributed by atoms with Crippen LogP contribution in [0.4, 0.5) is 10.6 Å². The quantitative estimate of drug-likeness (QED) is 0.935. The molecule has 0 aliphatic carbocycles. The molecule has 1 N–H and O–H groups in total. The van der Waals surface area contributed by atoms with Crippen molar-refractivity contribution in [3.8, 4) is 6.07 Å². The van der Waals surface area contributed by atoms with Crippen LogP contribution in [0, 0.1) is 11.3 Å². The lowest BCUT2D eigenvalue weighted by Gasteiger charge is -2.40. The molecule has 0 radical (unpaired) electrons. The van der Waals surface area contributed by atoms with E-state index in [1.54, 1.807) is 18.3 Å². The number of anilines is 1. The van der Waals surface area contributed by atoms with Gasteiger partial charge in [-0.25, -0.2) is 9.78 Å². The van der Waals surface area contributed by atoms with Gasteiger partial charge in [-0.1, -0.05) is 30.3 Å². The Morgan fingerprint density at radius 2 is 2.13 bits per heavy atom. The monoisotopic (exact) mass is 308 g/mol. The number of nitrogens with one attached hydrogen (secondary N) is 1. The lowest BCUT2D eigenvalue weighted by atomic mass is 10.1. The molecule has 23 heavy (non-hydrogen) atoms. The molecule has 1 aliphatic rings.